The van der Waals surface area contributed by atoms with Crippen LogP contribution in [-0.4, -0.2) is 27.3 Å². The molecular formula is C12H20O5. The van der Waals surface area contributed by atoms with Gasteiger partial charge >= 0.3 is 11.9 Å². The van der Waals surface area contributed by atoms with Crippen LogP contribution in [0.25, 0.3) is 0 Å². The van der Waals surface area contributed by atoms with E-state index in [9.17, 15) is 9.59 Å². The zero-order valence-electron chi connectivity index (χ0n) is 10.6. The van der Waals surface area contributed by atoms with Crippen molar-refractivity contribution in [2.24, 2.45) is 0 Å². The lowest BCUT2D eigenvalue weighted by Gasteiger charge is -1.98. The molecule has 0 saturated heterocycles. The molecule has 0 aliphatic carbocycles. The molecule has 0 saturated carbocycles. The van der Waals surface area contributed by atoms with Crippen LogP contribution in [0.4, 0.5) is 0 Å². The van der Waals surface area contributed by atoms with E-state index in [-0.39, 0.29) is 11.3 Å². The number of hydrogen-bond acceptors (Lipinski definition) is 3. The lowest BCUT2D eigenvalue weighted by atomic mass is 10.2. The summed E-state index contributed by atoms with van der Waals surface area (Å²) in [5.41, 5.74) is 0.432. The van der Waals surface area contributed by atoms with Gasteiger partial charge in [-0.3, -0.25) is 0 Å². The van der Waals surface area contributed by atoms with E-state index in [0.29, 0.717) is 12.0 Å². The highest BCUT2D eigenvalue weighted by molar-refractivity contribution is 5.86. The van der Waals surface area contributed by atoms with Crippen LogP contribution in [0.2, 0.25) is 0 Å². The summed E-state index contributed by atoms with van der Waals surface area (Å²) in [6.07, 6.45) is 2.76. The van der Waals surface area contributed by atoms with Gasteiger partial charge in [-0.2, -0.15) is 0 Å². The first kappa shape index (κ1) is 17.6. The number of aliphatic carboxylic acids is 2. The fourth-order valence-electron chi connectivity index (χ4n) is 0.671. The molecule has 5 nitrogen and oxygen atoms in total. The van der Waals surface area contributed by atoms with E-state index in [4.69, 9.17) is 15.3 Å². The molecule has 0 bridgehead atoms. The monoisotopic (exact) mass is 244 g/mol. The summed E-state index contributed by atoms with van der Waals surface area (Å²) in [6.45, 7) is 6.53. The first-order valence-electron chi connectivity index (χ1n) is 5.26. The van der Waals surface area contributed by atoms with Crippen LogP contribution in [0.15, 0.2) is 23.0 Å². The number of allylic oxidation sites excluding steroid dienone is 2. The molecule has 0 aromatic carbocycles. The average Bonchev–Trinajstić information content (AvgIpc) is 2.27. The average molecular weight is 244 g/mol. The van der Waals surface area contributed by atoms with Gasteiger partial charge in [0.05, 0.1) is 5.57 Å². The minimum atomic E-state index is -1.05. The Labute approximate surface area is 101 Å². The van der Waals surface area contributed by atoms with Crippen LogP contribution in [0.5, 0.6) is 0 Å². The van der Waals surface area contributed by atoms with Gasteiger partial charge in [-0.15, -0.1) is 0 Å². The number of carbonyl (C=O) groups is 2. The van der Waals surface area contributed by atoms with Crippen LogP contribution in [0.3, 0.4) is 0 Å². The smallest absolute Gasteiger partial charge is 0.334 e. The highest BCUT2D eigenvalue weighted by Crippen LogP contribution is 2.06. The summed E-state index contributed by atoms with van der Waals surface area (Å²) < 4.78 is 0. The predicted octanol–water partition coefficient (Wildman–Crippen LogP) is 2.74. The Balaban J connectivity index is 0. The van der Waals surface area contributed by atoms with Crippen molar-refractivity contribution >= 4 is 11.9 Å². The van der Waals surface area contributed by atoms with Gasteiger partial charge in [-0.05, 0) is 27.2 Å². The summed E-state index contributed by atoms with van der Waals surface area (Å²) in [7, 11) is 0. The summed E-state index contributed by atoms with van der Waals surface area (Å²) in [6, 6.07) is 0. The van der Waals surface area contributed by atoms with E-state index < -0.39 is 11.9 Å². The molecule has 0 fully saturated rings. The number of carboxylic acid groups (broad SMARTS) is 2. The third-order valence-corrected chi connectivity index (χ3v) is 2.01. The van der Waals surface area contributed by atoms with Crippen molar-refractivity contribution in [1.82, 2.24) is 0 Å². The van der Waals surface area contributed by atoms with Crippen molar-refractivity contribution in [3.63, 3.8) is 0 Å². The lowest BCUT2D eigenvalue weighted by Crippen LogP contribution is -2.00. The van der Waals surface area contributed by atoms with Crippen molar-refractivity contribution in [2.45, 2.75) is 40.5 Å². The molecule has 0 aromatic rings. The van der Waals surface area contributed by atoms with E-state index in [0.717, 1.165) is 6.42 Å². The summed E-state index contributed by atoms with van der Waals surface area (Å²) in [4.78, 5) is 20.1. The molecule has 0 aliphatic rings. The topological polar surface area (TPSA) is 94.8 Å². The Hall–Kier alpha value is -1.78. The molecule has 0 unspecified atom stereocenters. The molecule has 0 rings (SSSR count). The van der Waals surface area contributed by atoms with Crippen LogP contribution < -0.4 is 0 Å². The molecule has 0 aliphatic heterocycles. The molecule has 3 N–H and O–H groups in total. The van der Waals surface area contributed by atoms with Gasteiger partial charge in [0.15, 0.2) is 0 Å². The summed E-state index contributed by atoms with van der Waals surface area (Å²) in [5.74, 6) is -1.91. The van der Waals surface area contributed by atoms with Crippen molar-refractivity contribution in [3.05, 3.63) is 23.0 Å². The van der Waals surface area contributed by atoms with Gasteiger partial charge in [-0.25, -0.2) is 9.59 Å². The van der Waals surface area contributed by atoms with E-state index in [1.807, 2.05) is 6.92 Å². The Bertz CT molecular complexity index is 326. The molecule has 0 radical (unpaired) electrons. The standard InChI is InChI=1S/C7H12O3.C5H8O2/c1-3-4-6(8)5(2)7(9)10;1-3-4(2)5(6)7/h8H,3-4H2,1-2H3,(H,9,10);3H,1-2H3,(H,6,7)/b6-5+;4-3+. The van der Waals surface area contributed by atoms with Gasteiger partial charge < -0.3 is 15.3 Å². The maximum Gasteiger partial charge on any atom is 0.334 e. The largest absolute Gasteiger partial charge is 0.512 e. The lowest BCUT2D eigenvalue weighted by molar-refractivity contribution is -0.133. The predicted molar refractivity (Wildman–Crippen MR) is 64.9 cm³/mol. The van der Waals surface area contributed by atoms with Crippen LogP contribution >= 0.6 is 0 Å². The Morgan fingerprint density at radius 3 is 1.71 bits per heavy atom. The van der Waals surface area contributed by atoms with Gasteiger partial charge in [0.25, 0.3) is 0 Å². The maximum absolute atomic E-state index is 10.2. The molecule has 0 aromatic heterocycles. The highest BCUT2D eigenvalue weighted by atomic mass is 16.4. The van der Waals surface area contributed by atoms with E-state index >= 15 is 0 Å². The summed E-state index contributed by atoms with van der Waals surface area (Å²) >= 11 is 0. The minimum Gasteiger partial charge on any atom is -0.512 e. The Kier molecular flexibility index (Phi) is 9.79. The number of carboxylic acids is 2. The Morgan fingerprint density at radius 2 is 1.53 bits per heavy atom. The molecule has 0 spiro atoms. The maximum atomic E-state index is 10.2. The van der Waals surface area contributed by atoms with E-state index in [1.54, 1.807) is 19.9 Å². The first-order valence-corrected chi connectivity index (χ1v) is 5.26. The molecule has 0 heterocycles. The third-order valence-electron chi connectivity index (χ3n) is 2.01. The Morgan fingerprint density at radius 1 is 1.06 bits per heavy atom. The van der Waals surface area contributed by atoms with Gasteiger partial charge in [0.2, 0.25) is 0 Å². The van der Waals surface area contributed by atoms with Crippen molar-refractivity contribution < 1.29 is 24.9 Å². The van der Waals surface area contributed by atoms with Crippen LogP contribution in [0.1, 0.15) is 40.5 Å². The van der Waals surface area contributed by atoms with Gasteiger partial charge in [-0.1, -0.05) is 13.0 Å². The van der Waals surface area contributed by atoms with E-state index in [1.165, 1.54) is 6.92 Å². The van der Waals surface area contributed by atoms with Crippen molar-refractivity contribution in [1.29, 1.82) is 0 Å². The number of hydrogen-bond donors (Lipinski definition) is 3. The molecule has 0 amide bonds. The normalized spacial score (nSPS) is 12.1. The molecule has 98 valence electrons. The van der Waals surface area contributed by atoms with Gasteiger partial charge in [0.1, 0.15) is 5.76 Å². The second-order valence-electron chi connectivity index (χ2n) is 3.40. The molecular weight excluding hydrogens is 224 g/mol. The number of aliphatic hydroxyl groups is 1. The van der Waals surface area contributed by atoms with Crippen LogP contribution in [-0.2, 0) is 9.59 Å². The van der Waals surface area contributed by atoms with E-state index in [2.05, 4.69) is 0 Å². The third kappa shape index (κ3) is 9.17. The fraction of sp³-hybridized carbons (Fsp3) is 0.500. The second kappa shape index (κ2) is 9.45. The molecule has 17 heavy (non-hydrogen) atoms. The zero-order chi connectivity index (χ0) is 14.0. The minimum absolute atomic E-state index is 0.0185. The highest BCUT2D eigenvalue weighted by Gasteiger charge is 2.05. The molecule has 5 heteroatoms. The quantitative estimate of drug-likeness (QED) is 0.522. The number of aliphatic hydroxyl groups excluding tert-OH is 1. The van der Waals surface area contributed by atoms with Gasteiger partial charge in [0, 0.05) is 12.0 Å². The fourth-order valence-corrected chi connectivity index (χ4v) is 0.671. The second-order valence-corrected chi connectivity index (χ2v) is 3.40. The van der Waals surface area contributed by atoms with Crippen molar-refractivity contribution in [2.75, 3.05) is 0 Å². The summed E-state index contributed by atoms with van der Waals surface area (Å²) in [5, 5.41) is 25.5. The zero-order valence-corrected chi connectivity index (χ0v) is 10.6. The first-order chi connectivity index (χ1) is 7.77. The van der Waals surface area contributed by atoms with Crippen molar-refractivity contribution in [3.8, 4) is 0 Å². The SMILES string of the molecule is C/C=C(\C)C(=O)O.CCC/C(O)=C(/C)C(=O)O. The number of rotatable bonds is 4. The van der Waals surface area contributed by atoms with Crippen LogP contribution in [0, 0.1) is 0 Å². The molecule has 0 atom stereocenters.